The molecule has 4 rings (SSSR count). The Morgan fingerprint density at radius 2 is 1.72 bits per heavy atom. The third-order valence-corrected chi connectivity index (χ3v) is 5.13. The number of nitro benzene ring substituents is 1. The highest BCUT2D eigenvalue weighted by molar-refractivity contribution is 6.31. The SMILES string of the molecule is O=C(c1cc(=O)c2cc(Cl)ccc2o1)N1CCN(c2ccc([N+](=O)[O-])cc2)CC1. The molecule has 0 unspecified atom stereocenters. The van der Waals surface area contributed by atoms with E-state index in [2.05, 4.69) is 0 Å². The van der Waals surface area contributed by atoms with Gasteiger partial charge in [-0.2, -0.15) is 0 Å². The van der Waals surface area contributed by atoms with Crippen molar-refractivity contribution < 1.29 is 14.1 Å². The maximum Gasteiger partial charge on any atom is 0.289 e. The van der Waals surface area contributed by atoms with Gasteiger partial charge in [0, 0.05) is 55.1 Å². The van der Waals surface area contributed by atoms with E-state index < -0.39 is 4.92 Å². The summed E-state index contributed by atoms with van der Waals surface area (Å²) in [6.45, 7) is 2.02. The Bertz CT molecular complexity index is 1150. The topological polar surface area (TPSA) is 96.9 Å². The number of hydrogen-bond donors (Lipinski definition) is 0. The quantitative estimate of drug-likeness (QED) is 0.482. The number of hydrogen-bond acceptors (Lipinski definition) is 6. The number of non-ortho nitro benzene ring substituents is 1. The van der Waals surface area contributed by atoms with Crippen molar-refractivity contribution in [2.75, 3.05) is 31.1 Å². The molecule has 0 atom stereocenters. The van der Waals surface area contributed by atoms with Gasteiger partial charge >= 0.3 is 0 Å². The second-order valence-corrected chi connectivity index (χ2v) is 7.10. The molecular formula is C20H16ClN3O5. The molecule has 3 aromatic rings. The largest absolute Gasteiger partial charge is 0.451 e. The lowest BCUT2D eigenvalue weighted by Gasteiger charge is -2.35. The highest BCUT2D eigenvalue weighted by Gasteiger charge is 2.25. The molecule has 1 amide bonds. The fourth-order valence-corrected chi connectivity index (χ4v) is 3.51. The summed E-state index contributed by atoms with van der Waals surface area (Å²) in [5.74, 6) is -0.351. The summed E-state index contributed by atoms with van der Waals surface area (Å²) in [4.78, 5) is 39.1. The molecule has 0 saturated carbocycles. The van der Waals surface area contributed by atoms with Gasteiger partial charge in [-0.15, -0.1) is 0 Å². The van der Waals surface area contributed by atoms with E-state index in [1.165, 1.54) is 24.3 Å². The van der Waals surface area contributed by atoms with Crippen LogP contribution in [0.1, 0.15) is 10.6 Å². The molecule has 0 bridgehead atoms. The van der Waals surface area contributed by atoms with Gasteiger partial charge in [-0.05, 0) is 30.3 Å². The number of nitro groups is 1. The molecule has 1 aliphatic heterocycles. The highest BCUT2D eigenvalue weighted by atomic mass is 35.5. The van der Waals surface area contributed by atoms with E-state index in [0.717, 1.165) is 5.69 Å². The standard InChI is InChI=1S/C20H16ClN3O5/c21-13-1-6-18-16(11-13)17(25)12-19(29-18)20(26)23-9-7-22(8-10-23)14-2-4-15(5-3-14)24(27)28/h1-6,11-12H,7-10H2. The lowest BCUT2D eigenvalue weighted by molar-refractivity contribution is -0.384. The second-order valence-electron chi connectivity index (χ2n) is 6.67. The van der Waals surface area contributed by atoms with Crippen LogP contribution < -0.4 is 10.3 Å². The molecule has 148 valence electrons. The zero-order chi connectivity index (χ0) is 20.5. The Kier molecular flexibility index (Phi) is 4.94. The van der Waals surface area contributed by atoms with Gasteiger partial charge in [-0.1, -0.05) is 11.6 Å². The number of benzene rings is 2. The lowest BCUT2D eigenvalue weighted by Crippen LogP contribution is -2.48. The van der Waals surface area contributed by atoms with Crippen LogP contribution in [0.4, 0.5) is 11.4 Å². The van der Waals surface area contributed by atoms with Crippen LogP contribution in [-0.2, 0) is 0 Å². The van der Waals surface area contributed by atoms with Gasteiger partial charge in [-0.3, -0.25) is 19.7 Å². The van der Waals surface area contributed by atoms with E-state index >= 15 is 0 Å². The van der Waals surface area contributed by atoms with Crippen LogP contribution in [0, 0.1) is 10.1 Å². The maximum atomic E-state index is 12.8. The van der Waals surface area contributed by atoms with Gasteiger partial charge in [0.25, 0.3) is 11.6 Å². The molecule has 9 heteroatoms. The molecule has 1 aliphatic rings. The van der Waals surface area contributed by atoms with Crippen LogP contribution in [0.2, 0.25) is 5.02 Å². The van der Waals surface area contributed by atoms with Crippen molar-refractivity contribution in [1.29, 1.82) is 0 Å². The number of carbonyl (C=O) groups is 1. The van der Waals surface area contributed by atoms with Crippen molar-refractivity contribution >= 4 is 39.9 Å². The smallest absolute Gasteiger partial charge is 0.289 e. The predicted octanol–water partition coefficient (Wildman–Crippen LogP) is 3.32. The van der Waals surface area contributed by atoms with Crippen LogP contribution in [0.15, 0.2) is 57.7 Å². The monoisotopic (exact) mass is 413 g/mol. The predicted molar refractivity (Wildman–Crippen MR) is 109 cm³/mol. The molecule has 1 aromatic heterocycles. The number of rotatable bonds is 3. The fraction of sp³-hybridized carbons (Fsp3) is 0.200. The van der Waals surface area contributed by atoms with Crippen LogP contribution in [0.5, 0.6) is 0 Å². The van der Waals surface area contributed by atoms with Crippen LogP contribution in [0.25, 0.3) is 11.0 Å². The van der Waals surface area contributed by atoms with E-state index in [4.69, 9.17) is 16.0 Å². The van der Waals surface area contributed by atoms with Crippen LogP contribution in [-0.4, -0.2) is 41.9 Å². The minimum Gasteiger partial charge on any atom is -0.451 e. The first kappa shape index (κ1) is 18.9. The number of halogens is 1. The Balaban J connectivity index is 1.47. The van der Waals surface area contributed by atoms with Gasteiger partial charge in [0.2, 0.25) is 0 Å². The first-order valence-electron chi connectivity index (χ1n) is 8.94. The van der Waals surface area contributed by atoms with Crippen LogP contribution >= 0.6 is 11.6 Å². The maximum absolute atomic E-state index is 12.8. The van der Waals surface area contributed by atoms with E-state index in [9.17, 15) is 19.7 Å². The summed E-state index contributed by atoms with van der Waals surface area (Å²) >= 11 is 5.91. The van der Waals surface area contributed by atoms with Gasteiger partial charge in [-0.25, -0.2) is 0 Å². The number of nitrogens with zero attached hydrogens (tertiary/aromatic N) is 3. The Morgan fingerprint density at radius 3 is 2.38 bits per heavy atom. The summed E-state index contributed by atoms with van der Waals surface area (Å²) in [7, 11) is 0. The minimum atomic E-state index is -0.439. The number of amides is 1. The second kappa shape index (κ2) is 7.56. The Hall–Kier alpha value is -3.39. The molecule has 8 nitrogen and oxygen atoms in total. The molecule has 0 aliphatic carbocycles. The first-order valence-corrected chi connectivity index (χ1v) is 9.32. The van der Waals surface area contributed by atoms with Crippen LogP contribution in [0.3, 0.4) is 0 Å². The molecule has 1 saturated heterocycles. The van der Waals surface area contributed by atoms with Gasteiger partial charge in [0.15, 0.2) is 11.2 Å². The fourth-order valence-electron chi connectivity index (χ4n) is 3.34. The van der Waals surface area contributed by atoms with Gasteiger partial charge < -0.3 is 14.2 Å². The molecule has 2 heterocycles. The summed E-state index contributed by atoms with van der Waals surface area (Å²) in [5, 5.41) is 11.5. The van der Waals surface area contributed by atoms with Gasteiger partial charge in [0.1, 0.15) is 5.58 Å². The summed E-state index contributed by atoms with van der Waals surface area (Å²) < 4.78 is 5.63. The zero-order valence-corrected chi connectivity index (χ0v) is 16.0. The van der Waals surface area contributed by atoms with E-state index in [-0.39, 0.29) is 22.8 Å². The lowest BCUT2D eigenvalue weighted by atomic mass is 10.2. The van der Waals surface area contributed by atoms with Crippen molar-refractivity contribution in [3.05, 3.63) is 79.7 Å². The van der Waals surface area contributed by atoms with E-state index in [0.29, 0.717) is 42.2 Å². The van der Waals surface area contributed by atoms with E-state index in [1.807, 2.05) is 4.90 Å². The third-order valence-electron chi connectivity index (χ3n) is 4.89. The molecule has 0 spiro atoms. The number of fused-ring (bicyclic) bond motifs is 1. The summed E-state index contributed by atoms with van der Waals surface area (Å²) in [5.41, 5.74) is 0.892. The molecule has 0 radical (unpaired) electrons. The molecule has 2 aromatic carbocycles. The van der Waals surface area contributed by atoms with Crippen molar-refractivity contribution in [3.63, 3.8) is 0 Å². The average Bonchev–Trinajstić information content (AvgIpc) is 2.74. The number of piperazine rings is 1. The van der Waals surface area contributed by atoms with E-state index in [1.54, 1.807) is 29.2 Å². The van der Waals surface area contributed by atoms with Crippen molar-refractivity contribution in [3.8, 4) is 0 Å². The van der Waals surface area contributed by atoms with Gasteiger partial charge in [0.05, 0.1) is 10.3 Å². The minimum absolute atomic E-state index is 0.00592. The third kappa shape index (κ3) is 3.79. The Labute approximate surface area is 170 Å². The normalized spacial score (nSPS) is 14.2. The average molecular weight is 414 g/mol. The Morgan fingerprint density at radius 1 is 1.03 bits per heavy atom. The van der Waals surface area contributed by atoms with Crippen molar-refractivity contribution in [2.45, 2.75) is 0 Å². The molecular weight excluding hydrogens is 398 g/mol. The van der Waals surface area contributed by atoms with Crippen molar-refractivity contribution in [2.24, 2.45) is 0 Å². The molecule has 29 heavy (non-hydrogen) atoms. The molecule has 1 fully saturated rings. The first-order chi connectivity index (χ1) is 13.9. The molecule has 0 N–H and O–H groups in total. The van der Waals surface area contributed by atoms with Crippen molar-refractivity contribution in [1.82, 2.24) is 4.90 Å². The highest BCUT2D eigenvalue weighted by Crippen LogP contribution is 2.22. The summed E-state index contributed by atoms with van der Waals surface area (Å²) in [6, 6.07) is 12.2. The zero-order valence-electron chi connectivity index (χ0n) is 15.2. The number of carbonyl (C=O) groups excluding carboxylic acids is 1. The summed E-state index contributed by atoms with van der Waals surface area (Å²) in [6.07, 6.45) is 0. The number of anilines is 1.